The summed E-state index contributed by atoms with van der Waals surface area (Å²) in [6, 6.07) is 20.5. The fourth-order valence-electron chi connectivity index (χ4n) is 3.82. The van der Waals surface area contributed by atoms with E-state index in [-0.39, 0.29) is 11.9 Å². The lowest BCUT2D eigenvalue weighted by Gasteiger charge is -2.29. The first kappa shape index (κ1) is 17.9. The van der Waals surface area contributed by atoms with Crippen LogP contribution in [-0.2, 0) is 11.3 Å². The van der Waals surface area contributed by atoms with Crippen molar-refractivity contribution in [3.05, 3.63) is 83.7 Å². The van der Waals surface area contributed by atoms with Gasteiger partial charge in [-0.25, -0.2) is 0 Å². The molecule has 1 aliphatic heterocycles. The molecule has 0 N–H and O–H groups in total. The van der Waals surface area contributed by atoms with Crippen molar-refractivity contribution in [2.45, 2.75) is 19.5 Å². The maximum atomic E-state index is 13.0. The van der Waals surface area contributed by atoms with Crippen LogP contribution >= 0.6 is 0 Å². The van der Waals surface area contributed by atoms with E-state index in [1.807, 2.05) is 37.2 Å². The standard InChI is InChI=1S/C24H23N3O/c1-4-8-23(28)27-17-19-9-5-6-10-21(19)26-16-7-11-22(26)24(27)18-12-14-20(15-13-18)25(2)3/h5-7,9-16,24H,17H2,1-3H3. The molecule has 4 rings (SSSR count). The van der Waals surface area contributed by atoms with Crippen molar-refractivity contribution in [2.75, 3.05) is 19.0 Å². The maximum absolute atomic E-state index is 13.0. The fraction of sp³-hybridized carbons (Fsp3) is 0.208. The highest BCUT2D eigenvalue weighted by atomic mass is 16.2. The lowest BCUT2D eigenvalue weighted by atomic mass is 10.0. The van der Waals surface area contributed by atoms with E-state index in [1.165, 1.54) is 0 Å². The number of hydrogen-bond donors (Lipinski definition) is 0. The number of hydrogen-bond acceptors (Lipinski definition) is 2. The monoisotopic (exact) mass is 369 g/mol. The van der Waals surface area contributed by atoms with Crippen LogP contribution in [0.4, 0.5) is 5.69 Å². The third-order valence-corrected chi connectivity index (χ3v) is 5.18. The van der Waals surface area contributed by atoms with Crippen LogP contribution < -0.4 is 4.90 Å². The van der Waals surface area contributed by atoms with E-state index in [1.54, 1.807) is 6.92 Å². The first-order chi connectivity index (χ1) is 13.6. The van der Waals surface area contributed by atoms with E-state index in [9.17, 15) is 4.79 Å². The summed E-state index contributed by atoms with van der Waals surface area (Å²) in [4.78, 5) is 16.9. The molecular formula is C24H23N3O. The molecule has 0 saturated heterocycles. The average Bonchev–Trinajstić information content (AvgIpc) is 3.12. The highest BCUT2D eigenvalue weighted by Gasteiger charge is 2.32. The molecule has 1 atom stereocenters. The lowest BCUT2D eigenvalue weighted by Crippen LogP contribution is -2.33. The molecule has 1 aliphatic rings. The van der Waals surface area contributed by atoms with Crippen LogP contribution in [0.5, 0.6) is 0 Å². The summed E-state index contributed by atoms with van der Waals surface area (Å²) < 4.78 is 2.19. The number of benzene rings is 2. The van der Waals surface area contributed by atoms with Crippen LogP contribution in [0, 0.1) is 11.8 Å². The SMILES string of the molecule is CC#CC(=O)N1Cc2ccccc2-n2cccc2C1c1ccc(N(C)C)cc1. The molecule has 0 spiro atoms. The summed E-state index contributed by atoms with van der Waals surface area (Å²) in [5.74, 6) is 5.36. The predicted octanol–water partition coefficient (Wildman–Crippen LogP) is 4.00. The number of aromatic nitrogens is 1. The highest BCUT2D eigenvalue weighted by Crippen LogP contribution is 2.36. The number of carbonyl (C=O) groups excluding carboxylic acids is 1. The van der Waals surface area contributed by atoms with Gasteiger partial charge in [-0.2, -0.15) is 0 Å². The average molecular weight is 369 g/mol. The van der Waals surface area contributed by atoms with Gasteiger partial charge in [-0.15, -0.1) is 0 Å². The van der Waals surface area contributed by atoms with Crippen molar-refractivity contribution in [3.8, 4) is 17.5 Å². The lowest BCUT2D eigenvalue weighted by molar-refractivity contribution is -0.127. The van der Waals surface area contributed by atoms with Gasteiger partial charge in [-0.1, -0.05) is 36.3 Å². The van der Waals surface area contributed by atoms with Gasteiger partial charge >= 0.3 is 0 Å². The van der Waals surface area contributed by atoms with Gasteiger partial charge < -0.3 is 14.4 Å². The van der Waals surface area contributed by atoms with Crippen LogP contribution in [0.2, 0.25) is 0 Å². The number of amides is 1. The van der Waals surface area contributed by atoms with E-state index in [0.29, 0.717) is 6.54 Å². The highest BCUT2D eigenvalue weighted by molar-refractivity contribution is 5.94. The van der Waals surface area contributed by atoms with Crippen LogP contribution in [0.15, 0.2) is 66.9 Å². The van der Waals surface area contributed by atoms with Crippen molar-refractivity contribution in [1.82, 2.24) is 9.47 Å². The number of para-hydroxylation sites is 1. The molecule has 0 radical (unpaired) electrons. The number of anilines is 1. The van der Waals surface area contributed by atoms with E-state index in [0.717, 1.165) is 28.2 Å². The molecule has 1 aromatic heterocycles. The summed E-state index contributed by atoms with van der Waals surface area (Å²) in [6.07, 6.45) is 2.06. The molecule has 1 amide bonds. The summed E-state index contributed by atoms with van der Waals surface area (Å²) in [5, 5.41) is 0. The van der Waals surface area contributed by atoms with Gasteiger partial charge in [0, 0.05) is 38.2 Å². The molecule has 0 fully saturated rings. The van der Waals surface area contributed by atoms with Gasteiger partial charge in [-0.3, -0.25) is 4.79 Å². The van der Waals surface area contributed by atoms with E-state index < -0.39 is 0 Å². The second kappa shape index (κ2) is 7.28. The Hall–Kier alpha value is -3.45. The third kappa shape index (κ3) is 3.05. The minimum atomic E-state index is -0.202. The summed E-state index contributed by atoms with van der Waals surface area (Å²) in [5.41, 5.74) is 5.48. The van der Waals surface area contributed by atoms with Crippen molar-refractivity contribution < 1.29 is 4.79 Å². The Balaban J connectivity index is 1.90. The van der Waals surface area contributed by atoms with Gasteiger partial charge in [-0.05, 0) is 54.3 Å². The van der Waals surface area contributed by atoms with Crippen molar-refractivity contribution >= 4 is 11.6 Å². The van der Waals surface area contributed by atoms with Crippen molar-refractivity contribution in [3.63, 3.8) is 0 Å². The Kier molecular flexibility index (Phi) is 4.67. The Morgan fingerprint density at radius 2 is 1.79 bits per heavy atom. The van der Waals surface area contributed by atoms with Gasteiger partial charge in [0.05, 0.1) is 11.7 Å². The van der Waals surface area contributed by atoms with E-state index in [2.05, 4.69) is 70.0 Å². The largest absolute Gasteiger partial charge is 0.378 e. The molecule has 0 saturated carbocycles. The number of rotatable bonds is 2. The molecule has 1 unspecified atom stereocenters. The molecule has 4 heteroatoms. The zero-order valence-electron chi connectivity index (χ0n) is 16.4. The smallest absolute Gasteiger partial charge is 0.299 e. The molecule has 0 bridgehead atoms. The molecule has 140 valence electrons. The van der Waals surface area contributed by atoms with Crippen LogP contribution in [0.3, 0.4) is 0 Å². The van der Waals surface area contributed by atoms with Gasteiger partial charge in [0.25, 0.3) is 5.91 Å². The molecule has 2 heterocycles. The number of carbonyl (C=O) groups is 1. The van der Waals surface area contributed by atoms with Crippen LogP contribution in [0.25, 0.3) is 5.69 Å². The van der Waals surface area contributed by atoms with Crippen LogP contribution in [0.1, 0.15) is 29.8 Å². The fourth-order valence-corrected chi connectivity index (χ4v) is 3.82. The first-order valence-corrected chi connectivity index (χ1v) is 9.36. The molecule has 3 aromatic rings. The van der Waals surface area contributed by atoms with Crippen molar-refractivity contribution in [1.29, 1.82) is 0 Å². The normalized spacial score (nSPS) is 15.0. The van der Waals surface area contributed by atoms with Crippen LogP contribution in [-0.4, -0.2) is 29.5 Å². The van der Waals surface area contributed by atoms with Crippen molar-refractivity contribution in [2.24, 2.45) is 0 Å². The number of nitrogens with zero attached hydrogens (tertiary/aromatic N) is 3. The number of fused-ring (bicyclic) bond motifs is 3. The summed E-state index contributed by atoms with van der Waals surface area (Å²) >= 11 is 0. The van der Waals surface area contributed by atoms with E-state index >= 15 is 0 Å². The quantitative estimate of drug-likeness (QED) is 0.639. The zero-order valence-corrected chi connectivity index (χ0v) is 16.4. The molecule has 28 heavy (non-hydrogen) atoms. The van der Waals surface area contributed by atoms with E-state index in [4.69, 9.17) is 0 Å². The molecule has 4 nitrogen and oxygen atoms in total. The third-order valence-electron chi connectivity index (χ3n) is 5.18. The molecule has 2 aromatic carbocycles. The Bertz CT molecular complexity index is 1070. The Morgan fingerprint density at radius 1 is 1.04 bits per heavy atom. The minimum absolute atomic E-state index is 0.159. The Morgan fingerprint density at radius 3 is 2.50 bits per heavy atom. The molecular weight excluding hydrogens is 346 g/mol. The maximum Gasteiger partial charge on any atom is 0.299 e. The predicted molar refractivity (Wildman–Crippen MR) is 112 cm³/mol. The topological polar surface area (TPSA) is 28.5 Å². The van der Waals surface area contributed by atoms with Gasteiger partial charge in [0.1, 0.15) is 0 Å². The summed E-state index contributed by atoms with van der Waals surface area (Å²) in [7, 11) is 4.05. The summed E-state index contributed by atoms with van der Waals surface area (Å²) in [6.45, 7) is 2.22. The first-order valence-electron chi connectivity index (χ1n) is 9.36. The van der Waals surface area contributed by atoms with Gasteiger partial charge in [0.15, 0.2) is 0 Å². The molecule has 0 aliphatic carbocycles. The Labute approximate surface area is 166 Å². The zero-order chi connectivity index (χ0) is 19.7. The second-order valence-electron chi connectivity index (χ2n) is 7.13. The minimum Gasteiger partial charge on any atom is -0.378 e. The second-order valence-corrected chi connectivity index (χ2v) is 7.13. The van der Waals surface area contributed by atoms with Gasteiger partial charge in [0.2, 0.25) is 0 Å².